The second-order valence-electron chi connectivity index (χ2n) is 9.44. The number of aliphatic hydroxyl groups is 1. The van der Waals surface area contributed by atoms with Crippen molar-refractivity contribution in [2.45, 2.75) is 39.4 Å². The van der Waals surface area contributed by atoms with E-state index in [4.69, 9.17) is 18.9 Å². The number of hydrogen-bond acceptors (Lipinski definition) is 11. The number of dihydropyridines is 1. The van der Waals surface area contributed by atoms with Crippen molar-refractivity contribution in [2.75, 3.05) is 33.9 Å². The molecular weight excluding hydrogens is 534 g/mol. The summed E-state index contributed by atoms with van der Waals surface area (Å²) in [6.45, 7) is 6.48. The zero-order chi connectivity index (χ0) is 30.1. The molecule has 2 aromatic carbocycles. The number of carbonyl (C=O) groups excluding carboxylic acids is 2. The maximum absolute atomic E-state index is 12.9. The molecule has 1 heterocycles. The highest BCUT2D eigenvalue weighted by Gasteiger charge is 2.39. The first-order valence-electron chi connectivity index (χ1n) is 12.9. The molecule has 12 nitrogen and oxygen atoms in total. The van der Waals surface area contributed by atoms with Crippen LogP contribution in [-0.4, -0.2) is 62.0 Å². The van der Waals surface area contributed by atoms with Crippen molar-refractivity contribution in [3.63, 3.8) is 0 Å². The summed E-state index contributed by atoms with van der Waals surface area (Å²) in [5.41, 5.74) is 1.81. The number of nitrogens with zero attached hydrogens (tertiary/aromatic N) is 1. The third-order valence-electron chi connectivity index (χ3n) is 6.37. The number of carbonyl (C=O) groups is 2. The number of methoxy groups -OCH3 is 2. The molecule has 0 radical (unpaired) electrons. The van der Waals surface area contributed by atoms with Crippen LogP contribution in [0.1, 0.15) is 37.8 Å². The standard InChI is InChI=1S/C29H35N3O9/c1-17(33)15-30-11-12-40-22-8-6-7-20(13-22)16-41-24-10-9-21(32(36)37)14-23(24)27-25(28(34)38-4)18(2)31-19(3)26(27)29(35)39-5/h6-10,13-14,17,27,30-31,33H,11-12,15-16H2,1-5H3. The Hall–Kier alpha value is -4.42. The smallest absolute Gasteiger partial charge is 0.336 e. The zero-order valence-electron chi connectivity index (χ0n) is 23.7. The van der Waals surface area contributed by atoms with Gasteiger partial charge in [0.2, 0.25) is 0 Å². The van der Waals surface area contributed by atoms with Crippen LogP contribution in [0.15, 0.2) is 65.0 Å². The molecule has 2 aromatic rings. The number of allylic oxidation sites excluding steroid dienone is 2. The monoisotopic (exact) mass is 569 g/mol. The topological polar surface area (TPSA) is 158 Å². The van der Waals surface area contributed by atoms with Crippen molar-refractivity contribution >= 4 is 17.6 Å². The van der Waals surface area contributed by atoms with Crippen LogP contribution in [0.25, 0.3) is 0 Å². The molecule has 0 saturated carbocycles. The Bertz CT molecular complexity index is 1310. The number of nitro benzene ring substituents is 1. The molecule has 41 heavy (non-hydrogen) atoms. The Morgan fingerprint density at radius 1 is 1.05 bits per heavy atom. The van der Waals surface area contributed by atoms with Gasteiger partial charge in [0.1, 0.15) is 24.7 Å². The minimum atomic E-state index is -1.06. The number of aliphatic hydroxyl groups excluding tert-OH is 1. The third-order valence-corrected chi connectivity index (χ3v) is 6.37. The van der Waals surface area contributed by atoms with Crippen LogP contribution in [0.4, 0.5) is 5.69 Å². The second kappa shape index (κ2) is 14.3. The SMILES string of the molecule is COC(=O)C1=C(C)NC(C)=C(C(=O)OC)C1c1cc([N+](=O)[O-])ccc1OCc1cccc(OCCNCC(C)O)c1. The molecule has 3 N–H and O–H groups in total. The summed E-state index contributed by atoms with van der Waals surface area (Å²) in [4.78, 5) is 37.0. The van der Waals surface area contributed by atoms with Crippen LogP contribution in [0.5, 0.6) is 11.5 Å². The first kappa shape index (κ1) is 31.1. The van der Waals surface area contributed by atoms with E-state index in [0.717, 1.165) is 5.56 Å². The average Bonchev–Trinajstić information content (AvgIpc) is 2.94. The lowest BCUT2D eigenvalue weighted by Crippen LogP contribution is -2.32. The van der Waals surface area contributed by atoms with Gasteiger partial charge in [-0.1, -0.05) is 12.1 Å². The van der Waals surface area contributed by atoms with Gasteiger partial charge < -0.3 is 34.7 Å². The lowest BCUT2D eigenvalue weighted by molar-refractivity contribution is -0.384. The van der Waals surface area contributed by atoms with Gasteiger partial charge in [-0.15, -0.1) is 0 Å². The maximum Gasteiger partial charge on any atom is 0.336 e. The van der Waals surface area contributed by atoms with E-state index in [0.29, 0.717) is 36.8 Å². The Labute approximate surface area is 238 Å². The molecule has 0 aromatic heterocycles. The fourth-order valence-electron chi connectivity index (χ4n) is 4.51. The van der Waals surface area contributed by atoms with Crippen LogP contribution < -0.4 is 20.1 Å². The summed E-state index contributed by atoms with van der Waals surface area (Å²) in [5, 5.41) is 27.1. The quantitative estimate of drug-likeness (QED) is 0.141. The highest BCUT2D eigenvalue weighted by atomic mass is 16.6. The number of ether oxygens (including phenoxy) is 4. The minimum Gasteiger partial charge on any atom is -0.492 e. The average molecular weight is 570 g/mol. The molecule has 1 aliphatic rings. The molecule has 12 heteroatoms. The van der Waals surface area contributed by atoms with Gasteiger partial charge in [-0.05, 0) is 44.5 Å². The fraction of sp³-hybridized carbons (Fsp3) is 0.379. The van der Waals surface area contributed by atoms with E-state index in [1.54, 1.807) is 32.9 Å². The highest BCUT2D eigenvalue weighted by molar-refractivity contribution is 6.00. The molecule has 1 unspecified atom stereocenters. The first-order chi connectivity index (χ1) is 19.6. The summed E-state index contributed by atoms with van der Waals surface area (Å²) in [5.74, 6) is -1.63. The number of nitrogens with one attached hydrogen (secondary N) is 2. The van der Waals surface area contributed by atoms with Gasteiger partial charge in [-0.2, -0.15) is 0 Å². The van der Waals surface area contributed by atoms with Gasteiger partial charge in [0.05, 0.1) is 42.3 Å². The van der Waals surface area contributed by atoms with Crippen LogP contribution in [0.3, 0.4) is 0 Å². The van der Waals surface area contributed by atoms with Crippen LogP contribution in [0, 0.1) is 10.1 Å². The normalized spacial score (nSPS) is 14.3. The van der Waals surface area contributed by atoms with E-state index >= 15 is 0 Å². The lowest BCUT2D eigenvalue weighted by Gasteiger charge is -2.30. The zero-order valence-corrected chi connectivity index (χ0v) is 23.7. The number of rotatable bonds is 13. The van der Waals surface area contributed by atoms with Crippen molar-refractivity contribution in [1.82, 2.24) is 10.6 Å². The predicted molar refractivity (Wildman–Crippen MR) is 149 cm³/mol. The van der Waals surface area contributed by atoms with Crippen LogP contribution in [-0.2, 0) is 25.7 Å². The number of hydrogen-bond donors (Lipinski definition) is 3. The molecule has 0 fully saturated rings. The molecule has 220 valence electrons. The van der Waals surface area contributed by atoms with Crippen molar-refractivity contribution in [1.29, 1.82) is 0 Å². The summed E-state index contributed by atoms with van der Waals surface area (Å²) in [6.07, 6.45) is -0.448. The minimum absolute atomic E-state index is 0.0692. The van der Waals surface area contributed by atoms with E-state index < -0.39 is 28.9 Å². The lowest BCUT2D eigenvalue weighted by atomic mass is 9.79. The number of non-ortho nitro benzene ring substituents is 1. The highest BCUT2D eigenvalue weighted by Crippen LogP contribution is 2.44. The Kier molecular flexibility index (Phi) is 10.8. The molecule has 0 aliphatic carbocycles. The maximum atomic E-state index is 12.9. The van der Waals surface area contributed by atoms with Crippen LogP contribution >= 0.6 is 0 Å². The molecule has 0 spiro atoms. The molecule has 3 rings (SSSR count). The van der Waals surface area contributed by atoms with E-state index in [9.17, 15) is 24.8 Å². The van der Waals surface area contributed by atoms with Gasteiger partial charge >= 0.3 is 11.9 Å². The molecule has 0 bridgehead atoms. The van der Waals surface area contributed by atoms with Crippen molar-refractivity contribution in [3.05, 3.63) is 86.2 Å². The van der Waals surface area contributed by atoms with Gasteiger partial charge in [0, 0.05) is 42.2 Å². The summed E-state index contributed by atoms with van der Waals surface area (Å²) >= 11 is 0. The van der Waals surface area contributed by atoms with Gasteiger partial charge in [-0.25, -0.2) is 9.59 Å². The van der Waals surface area contributed by atoms with Gasteiger partial charge in [-0.3, -0.25) is 10.1 Å². The van der Waals surface area contributed by atoms with Gasteiger partial charge in [0.15, 0.2) is 0 Å². The van der Waals surface area contributed by atoms with Crippen molar-refractivity contribution < 1.29 is 38.6 Å². The Balaban J connectivity index is 1.96. The van der Waals surface area contributed by atoms with Gasteiger partial charge in [0.25, 0.3) is 5.69 Å². The number of esters is 2. The Morgan fingerprint density at radius 2 is 1.71 bits per heavy atom. The molecule has 1 aliphatic heterocycles. The Morgan fingerprint density at radius 3 is 2.29 bits per heavy atom. The predicted octanol–water partition coefficient (Wildman–Crippen LogP) is 3.10. The molecule has 1 atom stereocenters. The van der Waals surface area contributed by atoms with Crippen LogP contribution in [0.2, 0.25) is 0 Å². The summed E-state index contributed by atoms with van der Waals surface area (Å²) in [6, 6.07) is 11.3. The van der Waals surface area contributed by atoms with E-state index in [-0.39, 0.29) is 34.8 Å². The number of nitro groups is 1. The van der Waals surface area contributed by atoms with Crippen molar-refractivity contribution in [2.24, 2.45) is 0 Å². The summed E-state index contributed by atoms with van der Waals surface area (Å²) in [7, 11) is 2.43. The molecular formula is C29H35N3O9. The first-order valence-corrected chi connectivity index (χ1v) is 12.9. The summed E-state index contributed by atoms with van der Waals surface area (Å²) < 4.78 is 21.9. The molecule has 0 amide bonds. The fourth-order valence-corrected chi connectivity index (χ4v) is 4.51. The number of benzene rings is 2. The third kappa shape index (κ3) is 7.83. The largest absolute Gasteiger partial charge is 0.492 e. The van der Waals surface area contributed by atoms with Crippen molar-refractivity contribution in [3.8, 4) is 11.5 Å². The molecule has 0 saturated heterocycles. The van der Waals surface area contributed by atoms with E-state index in [1.165, 1.54) is 32.4 Å². The van der Waals surface area contributed by atoms with E-state index in [2.05, 4.69) is 10.6 Å². The van der Waals surface area contributed by atoms with E-state index in [1.807, 2.05) is 12.1 Å². The second-order valence-corrected chi connectivity index (χ2v) is 9.44.